The predicted molar refractivity (Wildman–Crippen MR) is 97.7 cm³/mol. The molecule has 1 saturated heterocycles. The Morgan fingerprint density at radius 1 is 1.23 bits per heavy atom. The zero-order valence-electron chi connectivity index (χ0n) is 14.2. The molecule has 1 unspecified atom stereocenters. The van der Waals surface area contributed by atoms with Crippen LogP contribution in [0, 0.1) is 5.92 Å². The molecule has 0 bridgehead atoms. The second-order valence-corrected chi connectivity index (χ2v) is 6.56. The van der Waals surface area contributed by atoms with Crippen LogP contribution >= 0.6 is 11.6 Å². The highest BCUT2D eigenvalue weighted by Gasteiger charge is 2.33. The van der Waals surface area contributed by atoms with Gasteiger partial charge in [-0.05, 0) is 42.0 Å². The molecule has 2 aromatic rings. The average molecular weight is 374 g/mol. The van der Waals surface area contributed by atoms with Crippen LogP contribution in [0.2, 0.25) is 5.02 Å². The number of ether oxygens (including phenoxy) is 1. The molecule has 2 amide bonds. The quantitative estimate of drug-likeness (QED) is 0.756. The maximum atomic E-state index is 12.3. The highest BCUT2D eigenvalue weighted by Crippen LogP contribution is 2.20. The van der Waals surface area contributed by atoms with Crippen molar-refractivity contribution >= 4 is 23.4 Å². The van der Waals surface area contributed by atoms with Gasteiger partial charge in [0.25, 0.3) is 0 Å². The van der Waals surface area contributed by atoms with Crippen molar-refractivity contribution < 1.29 is 14.3 Å². The first-order valence-corrected chi connectivity index (χ1v) is 8.82. The minimum absolute atomic E-state index is 0.000577. The molecule has 1 fully saturated rings. The molecule has 26 heavy (non-hydrogen) atoms. The first-order chi connectivity index (χ1) is 12.6. The summed E-state index contributed by atoms with van der Waals surface area (Å²) < 4.78 is 5.54. The first kappa shape index (κ1) is 18.2. The van der Waals surface area contributed by atoms with Gasteiger partial charge in [0.1, 0.15) is 12.4 Å². The molecule has 1 atom stereocenters. The number of amides is 2. The number of benzene rings is 1. The number of nitrogens with zero attached hydrogens (tertiary/aromatic N) is 2. The Labute approximate surface area is 157 Å². The van der Waals surface area contributed by atoms with Crippen molar-refractivity contribution in [1.82, 2.24) is 15.2 Å². The summed E-state index contributed by atoms with van der Waals surface area (Å²) in [5, 5.41) is 3.48. The Hall–Kier alpha value is -2.60. The Bertz CT molecular complexity index is 752. The minimum Gasteiger partial charge on any atom is -0.492 e. The molecule has 1 aromatic carbocycles. The molecule has 1 aromatic heterocycles. The van der Waals surface area contributed by atoms with Crippen LogP contribution in [-0.4, -0.2) is 41.4 Å². The number of likely N-dealkylation sites (tertiary alicyclic amines) is 1. The van der Waals surface area contributed by atoms with Crippen LogP contribution in [-0.2, 0) is 16.1 Å². The van der Waals surface area contributed by atoms with E-state index in [0.717, 1.165) is 5.56 Å². The van der Waals surface area contributed by atoms with Gasteiger partial charge in [0.05, 0.1) is 12.5 Å². The van der Waals surface area contributed by atoms with E-state index < -0.39 is 0 Å². The van der Waals surface area contributed by atoms with Crippen LogP contribution < -0.4 is 10.1 Å². The van der Waals surface area contributed by atoms with E-state index in [-0.39, 0.29) is 24.2 Å². The van der Waals surface area contributed by atoms with Crippen molar-refractivity contribution in [2.75, 3.05) is 19.7 Å². The number of halogens is 1. The smallest absolute Gasteiger partial charge is 0.225 e. The number of aromatic nitrogens is 1. The molecule has 6 nitrogen and oxygen atoms in total. The Balaban J connectivity index is 1.41. The molecule has 0 spiro atoms. The van der Waals surface area contributed by atoms with Gasteiger partial charge in [-0.3, -0.25) is 14.6 Å². The lowest BCUT2D eigenvalue weighted by atomic mass is 10.1. The maximum absolute atomic E-state index is 12.3. The van der Waals surface area contributed by atoms with E-state index in [2.05, 4.69) is 10.3 Å². The molecule has 7 heteroatoms. The lowest BCUT2D eigenvalue weighted by molar-refractivity contribution is -0.129. The van der Waals surface area contributed by atoms with E-state index in [0.29, 0.717) is 37.0 Å². The third-order valence-electron chi connectivity index (χ3n) is 4.19. The fourth-order valence-electron chi connectivity index (χ4n) is 2.83. The number of hydrogen-bond donors (Lipinski definition) is 1. The van der Waals surface area contributed by atoms with Gasteiger partial charge in [0.2, 0.25) is 11.8 Å². The number of hydrogen-bond acceptors (Lipinski definition) is 4. The maximum Gasteiger partial charge on any atom is 0.225 e. The summed E-state index contributed by atoms with van der Waals surface area (Å²) in [5.41, 5.74) is 1.01. The van der Waals surface area contributed by atoms with Crippen molar-refractivity contribution in [3.05, 3.63) is 59.4 Å². The summed E-state index contributed by atoms with van der Waals surface area (Å²) in [5.74, 6) is 0.262. The molecular formula is C19H20ClN3O3. The number of carbonyl (C=O) groups excluding carboxylic acids is 2. The summed E-state index contributed by atoms with van der Waals surface area (Å²) in [7, 11) is 0. The fraction of sp³-hybridized carbons (Fsp3) is 0.316. The fourth-order valence-corrected chi connectivity index (χ4v) is 2.95. The van der Waals surface area contributed by atoms with E-state index in [1.54, 1.807) is 41.6 Å². The second-order valence-electron chi connectivity index (χ2n) is 6.12. The molecule has 1 aliphatic heterocycles. The molecule has 2 heterocycles. The lowest BCUT2D eigenvalue weighted by Crippen LogP contribution is -2.35. The van der Waals surface area contributed by atoms with E-state index in [1.807, 2.05) is 12.1 Å². The topological polar surface area (TPSA) is 71.5 Å². The Kier molecular flexibility index (Phi) is 6.07. The largest absolute Gasteiger partial charge is 0.492 e. The van der Waals surface area contributed by atoms with E-state index in [1.165, 1.54) is 0 Å². The van der Waals surface area contributed by atoms with Crippen molar-refractivity contribution in [2.24, 2.45) is 5.92 Å². The average Bonchev–Trinajstić information content (AvgIpc) is 3.01. The van der Waals surface area contributed by atoms with Crippen molar-refractivity contribution in [3.63, 3.8) is 0 Å². The van der Waals surface area contributed by atoms with Crippen molar-refractivity contribution in [3.8, 4) is 5.75 Å². The number of rotatable bonds is 7. The van der Waals surface area contributed by atoms with Gasteiger partial charge < -0.3 is 15.0 Å². The minimum atomic E-state index is -0.320. The van der Waals surface area contributed by atoms with Gasteiger partial charge in [-0.15, -0.1) is 0 Å². The molecule has 136 valence electrons. The SMILES string of the molecule is O=C(NCCOc1ccc(Cl)cc1)C1CC(=O)N(Cc2ccncc2)C1. The molecule has 1 aliphatic rings. The normalized spacial score (nSPS) is 16.6. The van der Waals surface area contributed by atoms with Crippen LogP contribution in [0.15, 0.2) is 48.8 Å². The highest BCUT2D eigenvalue weighted by molar-refractivity contribution is 6.30. The monoisotopic (exact) mass is 373 g/mol. The second kappa shape index (κ2) is 8.67. The van der Waals surface area contributed by atoms with Gasteiger partial charge in [0, 0.05) is 36.9 Å². The van der Waals surface area contributed by atoms with Gasteiger partial charge in [0.15, 0.2) is 0 Å². The van der Waals surface area contributed by atoms with Gasteiger partial charge >= 0.3 is 0 Å². The van der Waals surface area contributed by atoms with Gasteiger partial charge in [-0.2, -0.15) is 0 Å². The summed E-state index contributed by atoms with van der Waals surface area (Å²) >= 11 is 5.81. The first-order valence-electron chi connectivity index (χ1n) is 8.44. The summed E-state index contributed by atoms with van der Waals surface area (Å²) in [6.07, 6.45) is 3.64. The summed E-state index contributed by atoms with van der Waals surface area (Å²) in [6.45, 7) is 1.68. The number of nitrogens with one attached hydrogen (secondary N) is 1. The van der Waals surface area contributed by atoms with E-state index >= 15 is 0 Å². The predicted octanol–water partition coefficient (Wildman–Crippen LogP) is 2.28. The number of carbonyl (C=O) groups is 2. The summed E-state index contributed by atoms with van der Waals surface area (Å²) in [6, 6.07) is 10.8. The van der Waals surface area contributed by atoms with Crippen LogP contribution in [0.1, 0.15) is 12.0 Å². The van der Waals surface area contributed by atoms with Crippen molar-refractivity contribution in [2.45, 2.75) is 13.0 Å². The highest BCUT2D eigenvalue weighted by atomic mass is 35.5. The number of pyridine rings is 1. The molecule has 0 radical (unpaired) electrons. The lowest BCUT2D eigenvalue weighted by Gasteiger charge is -2.16. The Morgan fingerprint density at radius 3 is 2.69 bits per heavy atom. The summed E-state index contributed by atoms with van der Waals surface area (Å²) in [4.78, 5) is 30.1. The van der Waals surface area contributed by atoms with Crippen LogP contribution in [0.25, 0.3) is 0 Å². The molecule has 0 saturated carbocycles. The molecule has 0 aliphatic carbocycles. The zero-order chi connectivity index (χ0) is 18.4. The Morgan fingerprint density at radius 2 is 1.96 bits per heavy atom. The molecule has 1 N–H and O–H groups in total. The van der Waals surface area contributed by atoms with E-state index in [4.69, 9.17) is 16.3 Å². The van der Waals surface area contributed by atoms with E-state index in [9.17, 15) is 9.59 Å². The molecular weight excluding hydrogens is 354 g/mol. The zero-order valence-corrected chi connectivity index (χ0v) is 15.0. The van der Waals surface area contributed by atoms with Gasteiger partial charge in [-0.25, -0.2) is 0 Å². The third kappa shape index (κ3) is 4.95. The van der Waals surface area contributed by atoms with Crippen LogP contribution in [0.4, 0.5) is 0 Å². The van der Waals surface area contributed by atoms with Crippen LogP contribution in [0.3, 0.4) is 0 Å². The standard InChI is InChI=1S/C19H20ClN3O3/c20-16-1-3-17(4-2-16)26-10-9-22-19(25)15-11-18(24)23(13-15)12-14-5-7-21-8-6-14/h1-8,15H,9-13H2,(H,22,25). The molecule has 3 rings (SSSR count). The third-order valence-corrected chi connectivity index (χ3v) is 4.44. The van der Waals surface area contributed by atoms with Gasteiger partial charge in [-0.1, -0.05) is 11.6 Å². The van der Waals surface area contributed by atoms with Crippen LogP contribution in [0.5, 0.6) is 5.75 Å². The van der Waals surface area contributed by atoms with Crippen molar-refractivity contribution in [1.29, 1.82) is 0 Å².